The second-order valence-corrected chi connectivity index (χ2v) is 4.64. The predicted molar refractivity (Wildman–Crippen MR) is 68.4 cm³/mol. The molecule has 18 heavy (non-hydrogen) atoms. The lowest BCUT2D eigenvalue weighted by atomic mass is 10.2. The van der Waals surface area contributed by atoms with Crippen LogP contribution in [-0.2, 0) is 4.74 Å². The number of nitrogens with zero attached hydrogens (tertiary/aromatic N) is 2. The molecule has 5 nitrogen and oxygen atoms in total. The van der Waals surface area contributed by atoms with Gasteiger partial charge in [-0.25, -0.2) is 4.79 Å². The first-order chi connectivity index (χ1) is 8.60. The molecule has 0 aliphatic carbocycles. The highest BCUT2D eigenvalue weighted by Crippen LogP contribution is 2.26. The zero-order valence-corrected chi connectivity index (χ0v) is 11.7. The van der Waals surface area contributed by atoms with Gasteiger partial charge in [0.05, 0.1) is 6.61 Å². The number of aromatic nitrogens is 2. The number of halogens is 2. The van der Waals surface area contributed by atoms with E-state index in [0.29, 0.717) is 10.6 Å². The first-order valence-corrected chi connectivity index (χ1v) is 6.24. The van der Waals surface area contributed by atoms with Gasteiger partial charge in [-0.2, -0.15) is 0 Å². The first kappa shape index (κ1) is 13.0. The molecule has 0 spiro atoms. The second-order valence-electron chi connectivity index (χ2n) is 3.29. The summed E-state index contributed by atoms with van der Waals surface area (Å²) in [6.45, 7) is 1.95. The molecule has 0 saturated carbocycles. The lowest BCUT2D eigenvalue weighted by Gasteiger charge is -1.98. The van der Waals surface area contributed by atoms with Gasteiger partial charge in [0.1, 0.15) is 0 Å². The van der Waals surface area contributed by atoms with Crippen LogP contribution in [0.3, 0.4) is 0 Å². The number of ether oxygens (including phenoxy) is 1. The summed E-state index contributed by atoms with van der Waals surface area (Å²) in [5, 5.41) is 7.92. The maximum absolute atomic E-state index is 11.4. The van der Waals surface area contributed by atoms with Crippen molar-refractivity contribution in [3.63, 3.8) is 0 Å². The quantitative estimate of drug-likeness (QED) is 0.807. The SMILES string of the molecule is CCOC(=O)c1nnc(-c2cc(Cl)cc(Br)c2)o1. The number of rotatable bonds is 3. The molecule has 0 unspecified atom stereocenters. The molecule has 0 N–H and O–H groups in total. The zero-order valence-electron chi connectivity index (χ0n) is 9.31. The van der Waals surface area contributed by atoms with E-state index in [1.165, 1.54) is 0 Å². The molecule has 0 aliphatic rings. The van der Waals surface area contributed by atoms with Crippen LogP contribution in [-0.4, -0.2) is 22.8 Å². The van der Waals surface area contributed by atoms with Crippen molar-refractivity contribution in [2.75, 3.05) is 6.61 Å². The summed E-state index contributed by atoms with van der Waals surface area (Å²) in [4.78, 5) is 11.4. The van der Waals surface area contributed by atoms with Crippen molar-refractivity contribution in [3.05, 3.63) is 33.6 Å². The highest BCUT2D eigenvalue weighted by atomic mass is 79.9. The maximum atomic E-state index is 11.4. The number of carbonyl (C=O) groups is 1. The minimum absolute atomic E-state index is 0.178. The van der Waals surface area contributed by atoms with Crippen LogP contribution in [0.2, 0.25) is 5.02 Å². The van der Waals surface area contributed by atoms with Gasteiger partial charge in [-0.3, -0.25) is 0 Å². The van der Waals surface area contributed by atoms with Gasteiger partial charge in [-0.05, 0) is 25.1 Å². The summed E-state index contributed by atoms with van der Waals surface area (Å²) in [5.74, 6) is -0.610. The Labute approximate surface area is 116 Å². The summed E-state index contributed by atoms with van der Waals surface area (Å²) < 4.78 is 10.8. The minimum atomic E-state index is -0.641. The molecule has 0 aliphatic heterocycles. The van der Waals surface area contributed by atoms with Crippen molar-refractivity contribution in [1.82, 2.24) is 10.2 Å². The third-order valence-corrected chi connectivity index (χ3v) is 2.66. The van der Waals surface area contributed by atoms with Crippen LogP contribution in [0.4, 0.5) is 0 Å². The molecule has 0 bridgehead atoms. The summed E-state index contributed by atoms with van der Waals surface area (Å²) >= 11 is 9.21. The molecule has 1 aromatic heterocycles. The Morgan fingerprint density at radius 2 is 2.22 bits per heavy atom. The monoisotopic (exact) mass is 330 g/mol. The van der Waals surface area contributed by atoms with Crippen molar-refractivity contribution >= 4 is 33.5 Å². The van der Waals surface area contributed by atoms with E-state index in [4.69, 9.17) is 20.8 Å². The Morgan fingerprint density at radius 3 is 2.89 bits per heavy atom. The average Bonchev–Trinajstić information content (AvgIpc) is 2.77. The van der Waals surface area contributed by atoms with Gasteiger partial charge in [0.25, 0.3) is 0 Å². The van der Waals surface area contributed by atoms with Crippen LogP contribution >= 0.6 is 27.5 Å². The molecule has 0 saturated heterocycles. The number of benzene rings is 1. The number of hydrogen-bond donors (Lipinski definition) is 0. The van der Waals surface area contributed by atoms with Crippen LogP contribution < -0.4 is 0 Å². The minimum Gasteiger partial charge on any atom is -0.459 e. The molecule has 0 radical (unpaired) electrons. The van der Waals surface area contributed by atoms with Gasteiger partial charge in [0, 0.05) is 15.1 Å². The summed E-state index contributed by atoms with van der Waals surface area (Å²) in [6.07, 6.45) is 0. The van der Waals surface area contributed by atoms with Crippen molar-refractivity contribution in [2.45, 2.75) is 6.92 Å². The van der Waals surface area contributed by atoms with Crippen LogP contribution in [0.5, 0.6) is 0 Å². The van der Waals surface area contributed by atoms with Crippen molar-refractivity contribution in [2.24, 2.45) is 0 Å². The molecule has 0 fully saturated rings. The van der Waals surface area contributed by atoms with E-state index in [1.54, 1.807) is 25.1 Å². The Bertz CT molecular complexity index is 565. The second kappa shape index (κ2) is 5.49. The third kappa shape index (κ3) is 2.88. The summed E-state index contributed by atoms with van der Waals surface area (Å²) in [6, 6.07) is 5.15. The predicted octanol–water partition coefficient (Wildman–Crippen LogP) is 3.33. The van der Waals surface area contributed by atoms with E-state index in [-0.39, 0.29) is 18.4 Å². The first-order valence-electron chi connectivity index (χ1n) is 5.07. The largest absolute Gasteiger partial charge is 0.459 e. The summed E-state index contributed by atoms with van der Waals surface area (Å²) in [7, 11) is 0. The molecule has 2 rings (SSSR count). The molecule has 94 valence electrons. The molecule has 2 aromatic rings. The van der Waals surface area contributed by atoms with Gasteiger partial charge < -0.3 is 9.15 Å². The molecular weight excluding hydrogens is 323 g/mol. The molecule has 0 amide bonds. The van der Waals surface area contributed by atoms with Gasteiger partial charge in [0.2, 0.25) is 5.89 Å². The topological polar surface area (TPSA) is 65.2 Å². The standard InChI is InChI=1S/C11H8BrClN2O3/c1-2-17-11(16)10-15-14-9(18-10)6-3-7(12)5-8(13)4-6/h3-5H,2H2,1H3. The normalized spacial score (nSPS) is 10.4. The lowest BCUT2D eigenvalue weighted by molar-refractivity contribution is 0.0481. The Morgan fingerprint density at radius 1 is 1.44 bits per heavy atom. The fourth-order valence-electron chi connectivity index (χ4n) is 1.29. The molecule has 0 atom stereocenters. The van der Waals surface area contributed by atoms with E-state index in [2.05, 4.69) is 26.1 Å². The maximum Gasteiger partial charge on any atom is 0.396 e. The number of hydrogen-bond acceptors (Lipinski definition) is 5. The molecule has 1 aromatic carbocycles. The van der Waals surface area contributed by atoms with E-state index in [0.717, 1.165) is 4.47 Å². The number of esters is 1. The zero-order chi connectivity index (χ0) is 13.1. The third-order valence-electron chi connectivity index (χ3n) is 1.98. The van der Waals surface area contributed by atoms with Crippen molar-refractivity contribution in [3.8, 4) is 11.5 Å². The van der Waals surface area contributed by atoms with E-state index < -0.39 is 5.97 Å². The van der Waals surface area contributed by atoms with Crippen LogP contribution in [0.15, 0.2) is 27.1 Å². The Kier molecular flexibility index (Phi) is 3.98. The molecule has 1 heterocycles. The fourth-order valence-corrected chi connectivity index (χ4v) is 2.15. The van der Waals surface area contributed by atoms with Gasteiger partial charge in [0.15, 0.2) is 0 Å². The van der Waals surface area contributed by atoms with E-state index >= 15 is 0 Å². The Hall–Kier alpha value is -1.40. The lowest BCUT2D eigenvalue weighted by Crippen LogP contribution is -2.04. The van der Waals surface area contributed by atoms with Gasteiger partial charge in [-0.15, -0.1) is 10.2 Å². The van der Waals surface area contributed by atoms with Crippen molar-refractivity contribution in [1.29, 1.82) is 0 Å². The van der Waals surface area contributed by atoms with E-state index in [1.807, 2.05) is 0 Å². The highest BCUT2D eigenvalue weighted by Gasteiger charge is 2.17. The summed E-state index contributed by atoms with van der Waals surface area (Å²) in [5.41, 5.74) is 0.623. The molecular formula is C11H8BrClN2O3. The van der Waals surface area contributed by atoms with E-state index in [9.17, 15) is 4.79 Å². The van der Waals surface area contributed by atoms with Crippen LogP contribution in [0.25, 0.3) is 11.5 Å². The van der Waals surface area contributed by atoms with Gasteiger partial charge >= 0.3 is 11.9 Å². The Balaban J connectivity index is 2.32. The number of carbonyl (C=O) groups excluding carboxylic acids is 1. The smallest absolute Gasteiger partial charge is 0.396 e. The fraction of sp³-hybridized carbons (Fsp3) is 0.182. The molecule has 7 heteroatoms. The van der Waals surface area contributed by atoms with Crippen LogP contribution in [0.1, 0.15) is 17.6 Å². The van der Waals surface area contributed by atoms with Gasteiger partial charge in [-0.1, -0.05) is 27.5 Å². The highest BCUT2D eigenvalue weighted by molar-refractivity contribution is 9.10. The van der Waals surface area contributed by atoms with Crippen molar-refractivity contribution < 1.29 is 13.9 Å². The average molecular weight is 332 g/mol. The van der Waals surface area contributed by atoms with Crippen LogP contribution in [0, 0.1) is 0 Å².